The van der Waals surface area contributed by atoms with Crippen LogP contribution in [0.4, 0.5) is 10.5 Å². The molecule has 9 heteroatoms. The minimum atomic E-state index is -0.796. The van der Waals surface area contributed by atoms with E-state index in [4.69, 9.17) is 14.2 Å². The van der Waals surface area contributed by atoms with E-state index in [9.17, 15) is 14.4 Å². The minimum Gasteiger partial charge on any atom is -0.490 e. The van der Waals surface area contributed by atoms with Gasteiger partial charge in [0.15, 0.2) is 11.5 Å². The Morgan fingerprint density at radius 1 is 0.895 bits per heavy atom. The van der Waals surface area contributed by atoms with E-state index in [1.165, 1.54) is 6.08 Å². The van der Waals surface area contributed by atoms with Gasteiger partial charge in [0.2, 0.25) is 0 Å². The van der Waals surface area contributed by atoms with Crippen LogP contribution in [0.3, 0.4) is 0 Å². The lowest BCUT2D eigenvalue weighted by molar-refractivity contribution is -0.122. The van der Waals surface area contributed by atoms with E-state index >= 15 is 0 Å². The molecule has 4 rings (SSSR count). The van der Waals surface area contributed by atoms with Crippen molar-refractivity contribution in [3.05, 3.63) is 87.4 Å². The second-order valence-electron chi connectivity index (χ2n) is 8.52. The van der Waals surface area contributed by atoms with E-state index in [1.54, 1.807) is 30.3 Å². The molecule has 1 fully saturated rings. The first-order chi connectivity index (χ1) is 18.3. The highest BCUT2D eigenvalue weighted by atomic mass is 79.9. The summed E-state index contributed by atoms with van der Waals surface area (Å²) in [5.74, 6) is 0.202. The zero-order valence-corrected chi connectivity index (χ0v) is 22.8. The van der Waals surface area contributed by atoms with Crippen LogP contribution in [0.2, 0.25) is 0 Å². The highest BCUT2D eigenvalue weighted by Crippen LogP contribution is 2.38. The Hall–Kier alpha value is -4.11. The van der Waals surface area contributed by atoms with Crippen LogP contribution in [0.5, 0.6) is 17.2 Å². The van der Waals surface area contributed by atoms with Crippen LogP contribution in [-0.2, 0) is 9.59 Å². The summed E-state index contributed by atoms with van der Waals surface area (Å²) in [6.45, 7) is 6.63. The number of barbiturate groups is 1. The number of hydrogen-bond donors (Lipinski definition) is 1. The zero-order chi connectivity index (χ0) is 27.2. The quantitative estimate of drug-likeness (QED) is 0.202. The van der Waals surface area contributed by atoms with Crippen LogP contribution in [0.15, 0.2) is 70.7 Å². The molecule has 4 amide bonds. The Kier molecular flexibility index (Phi) is 8.48. The summed E-state index contributed by atoms with van der Waals surface area (Å²) in [7, 11) is 0. The maximum Gasteiger partial charge on any atom is 0.335 e. The SMILES string of the molecule is CCOc1cc(C=C2C(=O)NC(=O)N(c3cccc(C)c3)C2=O)cc(Br)c1OCCOc1ccccc1C. The Morgan fingerprint density at radius 2 is 1.66 bits per heavy atom. The van der Waals surface area contributed by atoms with E-state index in [2.05, 4.69) is 21.2 Å². The molecule has 1 aliphatic rings. The number of aryl methyl sites for hydroxylation is 2. The van der Waals surface area contributed by atoms with Crippen molar-refractivity contribution in [1.29, 1.82) is 0 Å². The number of ether oxygens (including phenoxy) is 3. The molecule has 8 nitrogen and oxygen atoms in total. The fraction of sp³-hybridized carbons (Fsp3) is 0.207. The Labute approximate surface area is 229 Å². The predicted octanol–water partition coefficient (Wildman–Crippen LogP) is 5.59. The number of amides is 4. The van der Waals surface area contributed by atoms with E-state index in [-0.39, 0.29) is 12.2 Å². The van der Waals surface area contributed by atoms with Crippen LogP contribution in [-0.4, -0.2) is 37.7 Å². The number of halogens is 1. The summed E-state index contributed by atoms with van der Waals surface area (Å²) in [5, 5.41) is 2.24. The molecular formula is C29H27BrN2O6. The van der Waals surface area contributed by atoms with Crippen molar-refractivity contribution in [2.75, 3.05) is 24.7 Å². The normalized spacial score (nSPS) is 14.5. The van der Waals surface area contributed by atoms with Gasteiger partial charge in [-0.25, -0.2) is 9.69 Å². The Balaban J connectivity index is 1.56. The lowest BCUT2D eigenvalue weighted by atomic mass is 10.1. The van der Waals surface area contributed by atoms with Gasteiger partial charge < -0.3 is 14.2 Å². The smallest absolute Gasteiger partial charge is 0.335 e. The van der Waals surface area contributed by atoms with E-state index in [1.807, 2.05) is 51.1 Å². The molecule has 3 aromatic carbocycles. The third kappa shape index (κ3) is 6.06. The highest BCUT2D eigenvalue weighted by Gasteiger charge is 2.37. The number of anilines is 1. The van der Waals surface area contributed by atoms with Crippen LogP contribution >= 0.6 is 15.9 Å². The molecule has 1 heterocycles. The zero-order valence-electron chi connectivity index (χ0n) is 21.2. The second kappa shape index (κ2) is 12.0. The molecule has 38 heavy (non-hydrogen) atoms. The fourth-order valence-electron chi connectivity index (χ4n) is 3.91. The van der Waals surface area contributed by atoms with Gasteiger partial charge in [-0.2, -0.15) is 0 Å². The number of rotatable bonds is 9. The van der Waals surface area contributed by atoms with Crippen molar-refractivity contribution in [3.63, 3.8) is 0 Å². The van der Waals surface area contributed by atoms with Crippen LogP contribution in [0.1, 0.15) is 23.6 Å². The van der Waals surface area contributed by atoms with Crippen molar-refractivity contribution in [3.8, 4) is 17.2 Å². The highest BCUT2D eigenvalue weighted by molar-refractivity contribution is 9.10. The Morgan fingerprint density at radius 3 is 2.39 bits per heavy atom. The number of carbonyl (C=O) groups excluding carboxylic acids is 3. The third-order valence-corrected chi connectivity index (χ3v) is 6.27. The molecule has 0 atom stereocenters. The third-order valence-electron chi connectivity index (χ3n) is 5.69. The standard InChI is InChI=1S/C29H27BrN2O6/c1-4-36-25-17-20(16-23(30)26(25)38-13-12-37-24-11-6-5-9-19(24)3)15-22-27(33)31-29(35)32(28(22)34)21-10-7-8-18(2)14-21/h5-11,14-17H,4,12-13H2,1-3H3,(H,31,33,35). The van der Waals surface area contributed by atoms with Gasteiger partial charge in [0, 0.05) is 0 Å². The van der Waals surface area contributed by atoms with Gasteiger partial charge >= 0.3 is 6.03 Å². The molecule has 1 aliphatic heterocycles. The predicted molar refractivity (Wildman–Crippen MR) is 148 cm³/mol. The first kappa shape index (κ1) is 26.9. The van der Waals surface area contributed by atoms with Crippen LogP contribution in [0.25, 0.3) is 6.08 Å². The number of imide groups is 2. The largest absolute Gasteiger partial charge is 0.490 e. The summed E-state index contributed by atoms with van der Waals surface area (Å²) < 4.78 is 18.1. The number of para-hydroxylation sites is 1. The Bertz CT molecular complexity index is 1420. The molecular weight excluding hydrogens is 552 g/mol. The van der Waals surface area contributed by atoms with Gasteiger partial charge in [0.25, 0.3) is 11.8 Å². The van der Waals surface area contributed by atoms with E-state index < -0.39 is 17.8 Å². The molecule has 0 aromatic heterocycles. The van der Waals surface area contributed by atoms with Gasteiger partial charge in [-0.1, -0.05) is 30.3 Å². The molecule has 0 spiro atoms. The maximum atomic E-state index is 13.2. The summed E-state index contributed by atoms with van der Waals surface area (Å²) in [4.78, 5) is 39.3. The molecule has 0 saturated carbocycles. The lowest BCUT2D eigenvalue weighted by Gasteiger charge is -2.26. The number of urea groups is 1. The van der Waals surface area contributed by atoms with Gasteiger partial charge in [-0.05, 0) is 89.8 Å². The summed E-state index contributed by atoms with van der Waals surface area (Å²) in [6.07, 6.45) is 1.42. The molecule has 3 aromatic rings. The summed E-state index contributed by atoms with van der Waals surface area (Å²) in [6, 6.07) is 17.2. The number of benzene rings is 3. The van der Waals surface area contributed by atoms with Gasteiger partial charge in [-0.3, -0.25) is 14.9 Å². The van der Waals surface area contributed by atoms with Crippen molar-refractivity contribution in [2.24, 2.45) is 0 Å². The molecule has 0 radical (unpaired) electrons. The number of nitrogens with zero attached hydrogens (tertiary/aromatic N) is 1. The average Bonchev–Trinajstić information content (AvgIpc) is 2.87. The summed E-state index contributed by atoms with van der Waals surface area (Å²) >= 11 is 3.51. The first-order valence-electron chi connectivity index (χ1n) is 12.0. The second-order valence-corrected chi connectivity index (χ2v) is 9.38. The number of hydrogen-bond acceptors (Lipinski definition) is 6. The van der Waals surface area contributed by atoms with Crippen molar-refractivity contribution >= 4 is 45.5 Å². The molecule has 196 valence electrons. The topological polar surface area (TPSA) is 94.2 Å². The van der Waals surface area contributed by atoms with Crippen molar-refractivity contribution in [2.45, 2.75) is 20.8 Å². The molecule has 0 bridgehead atoms. The van der Waals surface area contributed by atoms with Gasteiger partial charge in [0.1, 0.15) is 24.5 Å². The molecule has 0 unspecified atom stereocenters. The molecule has 0 aliphatic carbocycles. The molecule has 1 saturated heterocycles. The fourth-order valence-corrected chi connectivity index (χ4v) is 4.49. The minimum absolute atomic E-state index is 0.180. The number of carbonyl (C=O) groups is 3. The lowest BCUT2D eigenvalue weighted by Crippen LogP contribution is -2.54. The van der Waals surface area contributed by atoms with Gasteiger partial charge in [0.05, 0.1) is 16.8 Å². The van der Waals surface area contributed by atoms with Crippen LogP contribution < -0.4 is 24.4 Å². The average molecular weight is 579 g/mol. The number of nitrogens with one attached hydrogen (secondary N) is 1. The van der Waals surface area contributed by atoms with Crippen LogP contribution in [0, 0.1) is 13.8 Å². The molecule has 1 N–H and O–H groups in total. The van der Waals surface area contributed by atoms with Crippen molar-refractivity contribution < 1.29 is 28.6 Å². The van der Waals surface area contributed by atoms with Gasteiger partial charge in [-0.15, -0.1) is 0 Å². The van der Waals surface area contributed by atoms with Crippen molar-refractivity contribution in [1.82, 2.24) is 5.32 Å². The first-order valence-corrected chi connectivity index (χ1v) is 12.8. The van der Waals surface area contributed by atoms with E-state index in [0.717, 1.165) is 21.8 Å². The van der Waals surface area contributed by atoms with E-state index in [0.29, 0.717) is 40.4 Å². The summed E-state index contributed by atoms with van der Waals surface area (Å²) in [5.41, 5.74) is 2.61. The monoisotopic (exact) mass is 578 g/mol. The maximum absolute atomic E-state index is 13.2.